The average molecular weight is 465 g/mol. The average Bonchev–Trinajstić information content (AvgIpc) is 3.25. The number of pyridine rings is 1. The van der Waals surface area contributed by atoms with Crippen LogP contribution in [-0.4, -0.2) is 27.1 Å². The van der Waals surface area contributed by atoms with Gasteiger partial charge in [0.05, 0.1) is 30.4 Å². The van der Waals surface area contributed by atoms with E-state index < -0.39 is 0 Å². The summed E-state index contributed by atoms with van der Waals surface area (Å²) in [6.07, 6.45) is 1.92. The van der Waals surface area contributed by atoms with Crippen molar-refractivity contribution in [2.45, 2.75) is 17.2 Å². The number of methoxy groups -OCH3 is 1. The van der Waals surface area contributed by atoms with E-state index in [0.29, 0.717) is 17.3 Å². The molecule has 8 heteroatoms. The molecule has 0 aliphatic heterocycles. The number of ether oxygens (including phenoxy) is 1. The Balaban J connectivity index is 1.45. The van der Waals surface area contributed by atoms with Gasteiger partial charge in [-0.05, 0) is 48.0 Å². The van der Waals surface area contributed by atoms with Crippen LogP contribution in [-0.2, 0) is 12.3 Å². The van der Waals surface area contributed by atoms with Gasteiger partial charge in [0.1, 0.15) is 11.6 Å². The minimum atomic E-state index is -0.251. The Labute approximate surface area is 193 Å². The monoisotopic (exact) mass is 464 g/mol. The van der Waals surface area contributed by atoms with Crippen molar-refractivity contribution in [1.82, 2.24) is 20.0 Å². The third-order valence-corrected chi connectivity index (χ3v) is 6.51. The van der Waals surface area contributed by atoms with Crippen LogP contribution >= 0.6 is 23.4 Å². The largest absolute Gasteiger partial charge is 0.497 e. The second kappa shape index (κ2) is 8.76. The van der Waals surface area contributed by atoms with Crippen LogP contribution in [0, 0.1) is 5.82 Å². The number of rotatable bonds is 6. The number of aromatic nitrogens is 4. The SMILES string of the molecule is COc1ccc2nc3cc(Cl)ccc3c(SCc3cn(Cc4ccc(F)cc4)nn3)c2c1. The van der Waals surface area contributed by atoms with Crippen LogP contribution in [0.5, 0.6) is 5.75 Å². The molecule has 5 rings (SSSR count). The fraction of sp³-hybridized carbons (Fsp3) is 0.125. The lowest BCUT2D eigenvalue weighted by Crippen LogP contribution is -2.00. The van der Waals surface area contributed by atoms with Crippen LogP contribution in [0.3, 0.4) is 0 Å². The second-order valence-corrected chi connectivity index (χ2v) is 8.73. The summed E-state index contributed by atoms with van der Waals surface area (Å²) in [5.74, 6) is 1.16. The van der Waals surface area contributed by atoms with Gasteiger partial charge >= 0.3 is 0 Å². The number of hydrogen-bond acceptors (Lipinski definition) is 5. The first-order chi connectivity index (χ1) is 15.6. The van der Waals surface area contributed by atoms with Gasteiger partial charge in [-0.25, -0.2) is 14.1 Å². The van der Waals surface area contributed by atoms with Crippen LogP contribution in [0.15, 0.2) is 71.8 Å². The van der Waals surface area contributed by atoms with E-state index >= 15 is 0 Å². The molecular formula is C24H18ClFN4OS. The standard InChI is InChI=1S/C24H18ClFN4OS/c1-31-19-7-9-22-21(11-19)24(20-8-4-16(25)10-23(20)27-22)32-14-18-13-30(29-28-18)12-15-2-5-17(26)6-3-15/h2-11,13H,12,14H2,1H3. The number of nitrogens with zero attached hydrogens (tertiary/aromatic N) is 4. The smallest absolute Gasteiger partial charge is 0.123 e. The van der Waals surface area contributed by atoms with E-state index in [-0.39, 0.29) is 5.82 Å². The molecular weight excluding hydrogens is 447 g/mol. The summed E-state index contributed by atoms with van der Waals surface area (Å²) in [6.45, 7) is 0.536. The third-order valence-electron chi connectivity index (χ3n) is 5.10. The topological polar surface area (TPSA) is 52.8 Å². The molecule has 0 fully saturated rings. The molecule has 0 saturated carbocycles. The van der Waals surface area contributed by atoms with Crippen LogP contribution in [0.4, 0.5) is 4.39 Å². The molecule has 0 spiro atoms. The predicted molar refractivity (Wildman–Crippen MR) is 126 cm³/mol. The number of benzene rings is 3. The third kappa shape index (κ3) is 4.26. The maximum atomic E-state index is 13.1. The minimum absolute atomic E-state index is 0.251. The molecule has 0 unspecified atom stereocenters. The van der Waals surface area contributed by atoms with Gasteiger partial charge in [0.2, 0.25) is 0 Å². The molecule has 5 nitrogen and oxygen atoms in total. The lowest BCUT2D eigenvalue weighted by molar-refractivity contribution is 0.415. The molecule has 3 aromatic carbocycles. The number of hydrogen-bond donors (Lipinski definition) is 0. The van der Waals surface area contributed by atoms with Gasteiger partial charge in [0.15, 0.2) is 0 Å². The summed E-state index contributed by atoms with van der Waals surface area (Å²) in [5.41, 5.74) is 3.54. The molecule has 0 radical (unpaired) electrons. The highest BCUT2D eigenvalue weighted by Crippen LogP contribution is 2.37. The Bertz CT molecular complexity index is 1420. The fourth-order valence-electron chi connectivity index (χ4n) is 3.55. The lowest BCUT2D eigenvalue weighted by atomic mass is 10.1. The Morgan fingerprint density at radius 2 is 1.84 bits per heavy atom. The summed E-state index contributed by atoms with van der Waals surface area (Å²) in [4.78, 5) is 5.87. The van der Waals surface area contributed by atoms with Crippen molar-refractivity contribution < 1.29 is 9.13 Å². The van der Waals surface area contributed by atoms with Gasteiger partial charge in [-0.1, -0.05) is 35.0 Å². The zero-order valence-electron chi connectivity index (χ0n) is 17.1. The van der Waals surface area contributed by atoms with E-state index in [1.807, 2.05) is 42.6 Å². The van der Waals surface area contributed by atoms with Crippen molar-refractivity contribution in [1.29, 1.82) is 0 Å². The Kier molecular flexibility index (Phi) is 5.68. The molecule has 0 saturated heterocycles. The van der Waals surface area contributed by atoms with Gasteiger partial charge in [-0.3, -0.25) is 0 Å². The first kappa shape index (κ1) is 20.7. The van der Waals surface area contributed by atoms with E-state index in [0.717, 1.165) is 43.7 Å². The number of thioether (sulfide) groups is 1. The summed E-state index contributed by atoms with van der Waals surface area (Å²) >= 11 is 7.89. The Hall–Kier alpha value is -3.16. The molecule has 32 heavy (non-hydrogen) atoms. The van der Waals surface area contributed by atoms with Gasteiger partial charge < -0.3 is 4.74 Å². The zero-order chi connectivity index (χ0) is 22.1. The van der Waals surface area contributed by atoms with Crippen molar-refractivity contribution in [3.05, 3.63) is 89.0 Å². The van der Waals surface area contributed by atoms with Crippen molar-refractivity contribution in [3.63, 3.8) is 0 Å². The molecule has 5 aromatic rings. The van der Waals surface area contributed by atoms with Crippen LogP contribution in [0.1, 0.15) is 11.3 Å². The first-order valence-corrected chi connectivity index (χ1v) is 11.3. The molecule has 0 bridgehead atoms. The van der Waals surface area contributed by atoms with Gasteiger partial charge in [-0.2, -0.15) is 0 Å². The van der Waals surface area contributed by atoms with Crippen molar-refractivity contribution in [3.8, 4) is 5.75 Å². The van der Waals surface area contributed by atoms with Crippen LogP contribution in [0.2, 0.25) is 5.02 Å². The molecule has 0 aliphatic rings. The van der Waals surface area contributed by atoms with E-state index in [1.54, 1.807) is 35.7 Å². The van der Waals surface area contributed by atoms with Crippen molar-refractivity contribution in [2.75, 3.05) is 7.11 Å². The Morgan fingerprint density at radius 1 is 1.00 bits per heavy atom. The second-order valence-electron chi connectivity index (χ2n) is 7.31. The van der Waals surface area contributed by atoms with Crippen molar-refractivity contribution in [2.24, 2.45) is 0 Å². The van der Waals surface area contributed by atoms with Gasteiger partial charge in [-0.15, -0.1) is 16.9 Å². The highest BCUT2D eigenvalue weighted by atomic mass is 35.5. The predicted octanol–water partition coefficient (Wildman–Crippen LogP) is 6.12. The molecule has 0 amide bonds. The van der Waals surface area contributed by atoms with E-state index in [4.69, 9.17) is 21.3 Å². The molecule has 0 aliphatic carbocycles. The maximum Gasteiger partial charge on any atom is 0.123 e. The number of halogens is 2. The highest BCUT2D eigenvalue weighted by molar-refractivity contribution is 7.99. The van der Waals surface area contributed by atoms with Crippen LogP contribution in [0.25, 0.3) is 21.8 Å². The quantitative estimate of drug-likeness (QED) is 0.224. The first-order valence-electron chi connectivity index (χ1n) is 9.92. The summed E-state index contributed by atoms with van der Waals surface area (Å²) in [5, 5.41) is 11.2. The van der Waals surface area contributed by atoms with Gasteiger partial charge in [0, 0.05) is 32.6 Å². The maximum absolute atomic E-state index is 13.1. The normalized spacial score (nSPS) is 11.3. The number of fused-ring (bicyclic) bond motifs is 2. The summed E-state index contributed by atoms with van der Waals surface area (Å²) in [7, 11) is 1.65. The van der Waals surface area contributed by atoms with E-state index in [2.05, 4.69) is 10.3 Å². The highest BCUT2D eigenvalue weighted by Gasteiger charge is 2.13. The van der Waals surface area contributed by atoms with Crippen LogP contribution < -0.4 is 4.74 Å². The zero-order valence-corrected chi connectivity index (χ0v) is 18.7. The fourth-order valence-corrected chi connectivity index (χ4v) is 4.78. The van der Waals surface area contributed by atoms with E-state index in [9.17, 15) is 4.39 Å². The summed E-state index contributed by atoms with van der Waals surface area (Å²) in [6, 6.07) is 18.0. The van der Waals surface area contributed by atoms with Gasteiger partial charge in [0.25, 0.3) is 0 Å². The molecule has 0 N–H and O–H groups in total. The molecule has 2 heterocycles. The lowest BCUT2D eigenvalue weighted by Gasteiger charge is -2.11. The molecule has 0 atom stereocenters. The summed E-state index contributed by atoms with van der Waals surface area (Å²) < 4.78 is 20.3. The molecule has 160 valence electrons. The minimum Gasteiger partial charge on any atom is -0.497 e. The Morgan fingerprint density at radius 3 is 2.66 bits per heavy atom. The van der Waals surface area contributed by atoms with E-state index in [1.165, 1.54) is 12.1 Å². The van der Waals surface area contributed by atoms with Crippen molar-refractivity contribution >= 4 is 45.2 Å². The molecule has 2 aromatic heterocycles.